The fourth-order valence-electron chi connectivity index (χ4n) is 1.10. The largest absolute Gasteiger partial charge is 0.388 e. The van der Waals surface area contributed by atoms with E-state index >= 15 is 0 Å². The number of H-pyrrole nitrogens is 1. The Bertz CT molecular complexity index is 343. The maximum atomic E-state index is 9.69. The van der Waals surface area contributed by atoms with Crippen molar-refractivity contribution in [2.24, 2.45) is 0 Å². The van der Waals surface area contributed by atoms with Crippen molar-refractivity contribution in [3.63, 3.8) is 0 Å². The summed E-state index contributed by atoms with van der Waals surface area (Å²) in [6.45, 7) is 0. The first-order chi connectivity index (χ1) is 6.36. The molecule has 0 spiro atoms. The van der Waals surface area contributed by atoms with Crippen molar-refractivity contribution in [1.82, 2.24) is 15.2 Å². The Morgan fingerprint density at radius 2 is 2.54 bits per heavy atom. The van der Waals surface area contributed by atoms with Gasteiger partial charge < -0.3 is 5.11 Å². The molecule has 0 aliphatic carbocycles. The van der Waals surface area contributed by atoms with Crippen molar-refractivity contribution < 1.29 is 5.11 Å². The number of hydrogen-bond acceptors (Lipinski definition) is 4. The van der Waals surface area contributed by atoms with E-state index in [0.717, 1.165) is 11.3 Å². The molecule has 2 rings (SSSR count). The van der Waals surface area contributed by atoms with Crippen LogP contribution in [0.5, 0.6) is 0 Å². The lowest BCUT2D eigenvalue weighted by molar-refractivity contribution is 0.177. The quantitative estimate of drug-likeness (QED) is 0.772. The Labute approximate surface area is 79.3 Å². The smallest absolute Gasteiger partial charge is 0.0876 e. The molecular formula is C8H9N3OS. The molecule has 2 N–H and O–H groups in total. The number of aliphatic hydroxyl groups excluding tert-OH is 1. The second-order valence-corrected chi connectivity index (χ2v) is 3.45. The first-order valence-corrected chi connectivity index (χ1v) is 4.84. The Kier molecular flexibility index (Phi) is 2.37. The molecule has 0 radical (unpaired) electrons. The molecule has 4 nitrogen and oxygen atoms in total. The zero-order valence-electron chi connectivity index (χ0n) is 6.84. The lowest BCUT2D eigenvalue weighted by atomic mass is 10.1. The van der Waals surface area contributed by atoms with Gasteiger partial charge in [0.1, 0.15) is 0 Å². The summed E-state index contributed by atoms with van der Waals surface area (Å²) >= 11 is 1.53. The molecule has 0 saturated carbocycles. The van der Waals surface area contributed by atoms with Gasteiger partial charge in [-0.05, 0) is 0 Å². The summed E-state index contributed by atoms with van der Waals surface area (Å²) in [4.78, 5) is 4.09. The lowest BCUT2D eigenvalue weighted by Crippen LogP contribution is -2.00. The second kappa shape index (κ2) is 3.68. The Morgan fingerprint density at radius 1 is 1.62 bits per heavy atom. The lowest BCUT2D eigenvalue weighted by Gasteiger charge is -2.04. The first-order valence-electron chi connectivity index (χ1n) is 3.90. The van der Waals surface area contributed by atoms with Gasteiger partial charge in [-0.15, -0.1) is 11.3 Å². The predicted molar refractivity (Wildman–Crippen MR) is 49.4 cm³/mol. The van der Waals surface area contributed by atoms with Crippen molar-refractivity contribution in [2.75, 3.05) is 0 Å². The van der Waals surface area contributed by atoms with Gasteiger partial charge in [0.15, 0.2) is 0 Å². The molecule has 68 valence electrons. The average molecular weight is 195 g/mol. The van der Waals surface area contributed by atoms with Crippen molar-refractivity contribution >= 4 is 11.3 Å². The molecule has 5 heteroatoms. The van der Waals surface area contributed by atoms with Crippen molar-refractivity contribution in [2.45, 2.75) is 12.5 Å². The van der Waals surface area contributed by atoms with Gasteiger partial charge in [0.2, 0.25) is 0 Å². The van der Waals surface area contributed by atoms with Crippen LogP contribution in [0.25, 0.3) is 0 Å². The van der Waals surface area contributed by atoms with E-state index in [4.69, 9.17) is 0 Å². The van der Waals surface area contributed by atoms with Gasteiger partial charge in [-0.2, -0.15) is 5.10 Å². The monoisotopic (exact) mass is 195 g/mol. The van der Waals surface area contributed by atoms with Gasteiger partial charge in [0.25, 0.3) is 0 Å². The molecule has 2 heterocycles. The second-order valence-electron chi connectivity index (χ2n) is 2.73. The fourth-order valence-corrected chi connectivity index (χ4v) is 1.67. The fraction of sp³-hybridized carbons (Fsp3) is 0.250. The molecule has 0 amide bonds. The van der Waals surface area contributed by atoms with E-state index in [1.807, 2.05) is 5.38 Å². The van der Waals surface area contributed by atoms with Gasteiger partial charge in [0.05, 0.1) is 23.5 Å². The summed E-state index contributed by atoms with van der Waals surface area (Å²) in [5.74, 6) is 0. The topological polar surface area (TPSA) is 61.8 Å². The Hall–Kier alpha value is -1.20. The van der Waals surface area contributed by atoms with E-state index in [-0.39, 0.29) is 0 Å². The van der Waals surface area contributed by atoms with Crippen molar-refractivity contribution in [3.05, 3.63) is 34.5 Å². The number of nitrogens with zero attached hydrogens (tertiary/aromatic N) is 2. The van der Waals surface area contributed by atoms with E-state index in [0.29, 0.717) is 6.42 Å². The first kappa shape index (κ1) is 8.40. The van der Waals surface area contributed by atoms with E-state index in [2.05, 4.69) is 15.2 Å². The molecule has 1 atom stereocenters. The maximum Gasteiger partial charge on any atom is 0.0876 e. The summed E-state index contributed by atoms with van der Waals surface area (Å²) in [7, 11) is 0. The van der Waals surface area contributed by atoms with Crippen LogP contribution in [-0.4, -0.2) is 20.3 Å². The number of aromatic nitrogens is 3. The molecule has 2 aromatic rings. The molecule has 0 saturated heterocycles. The summed E-state index contributed by atoms with van der Waals surface area (Å²) in [5.41, 5.74) is 3.48. The molecule has 2 aromatic heterocycles. The number of aliphatic hydroxyl groups is 1. The van der Waals surface area contributed by atoms with Crippen LogP contribution in [-0.2, 0) is 6.42 Å². The number of aromatic amines is 1. The van der Waals surface area contributed by atoms with Crippen LogP contribution in [0.15, 0.2) is 23.3 Å². The highest BCUT2D eigenvalue weighted by molar-refractivity contribution is 7.07. The maximum absolute atomic E-state index is 9.69. The van der Waals surface area contributed by atoms with Crippen LogP contribution in [0.1, 0.15) is 17.4 Å². The zero-order chi connectivity index (χ0) is 9.10. The number of nitrogens with one attached hydrogen (secondary N) is 1. The van der Waals surface area contributed by atoms with E-state index < -0.39 is 6.10 Å². The molecule has 0 aliphatic rings. The molecule has 13 heavy (non-hydrogen) atoms. The third-order valence-electron chi connectivity index (χ3n) is 1.79. The zero-order valence-corrected chi connectivity index (χ0v) is 7.66. The van der Waals surface area contributed by atoms with Gasteiger partial charge in [0, 0.05) is 23.6 Å². The summed E-state index contributed by atoms with van der Waals surface area (Å²) in [6.07, 6.45) is 3.35. The highest BCUT2D eigenvalue weighted by atomic mass is 32.1. The van der Waals surface area contributed by atoms with E-state index in [9.17, 15) is 5.11 Å². The van der Waals surface area contributed by atoms with Crippen molar-refractivity contribution in [1.29, 1.82) is 0 Å². The van der Waals surface area contributed by atoms with Gasteiger partial charge in [-0.25, -0.2) is 4.98 Å². The molecule has 0 aromatic carbocycles. The van der Waals surface area contributed by atoms with Crippen LogP contribution >= 0.6 is 11.3 Å². The standard InChI is InChI=1S/C8H9N3OS/c12-8(6-2-10-11-3-6)1-7-4-13-5-9-7/h2-5,8,12H,1H2,(H,10,11). The molecule has 0 aliphatic heterocycles. The minimum Gasteiger partial charge on any atom is -0.388 e. The average Bonchev–Trinajstić information content (AvgIpc) is 2.74. The van der Waals surface area contributed by atoms with Crippen LogP contribution in [0.4, 0.5) is 0 Å². The highest BCUT2D eigenvalue weighted by Gasteiger charge is 2.10. The van der Waals surface area contributed by atoms with Crippen LogP contribution < -0.4 is 0 Å². The Balaban J connectivity index is 2.04. The van der Waals surface area contributed by atoms with Crippen LogP contribution in [0.2, 0.25) is 0 Å². The molecule has 1 unspecified atom stereocenters. The van der Waals surface area contributed by atoms with Gasteiger partial charge in [-0.1, -0.05) is 0 Å². The normalized spacial score (nSPS) is 13.0. The Morgan fingerprint density at radius 3 is 3.15 bits per heavy atom. The number of rotatable bonds is 3. The summed E-state index contributed by atoms with van der Waals surface area (Å²) in [5, 5.41) is 18.1. The van der Waals surface area contributed by atoms with Crippen LogP contribution in [0, 0.1) is 0 Å². The third kappa shape index (κ3) is 1.93. The molecule has 0 fully saturated rings. The summed E-state index contributed by atoms with van der Waals surface area (Å²) < 4.78 is 0. The molecular weight excluding hydrogens is 186 g/mol. The van der Waals surface area contributed by atoms with Gasteiger partial charge >= 0.3 is 0 Å². The summed E-state index contributed by atoms with van der Waals surface area (Å²) in [6, 6.07) is 0. The predicted octanol–water partition coefficient (Wildman–Crippen LogP) is 1.14. The van der Waals surface area contributed by atoms with Gasteiger partial charge in [-0.3, -0.25) is 5.10 Å². The van der Waals surface area contributed by atoms with Crippen LogP contribution in [0.3, 0.4) is 0 Å². The minimum absolute atomic E-state index is 0.513. The number of hydrogen-bond donors (Lipinski definition) is 2. The van der Waals surface area contributed by atoms with E-state index in [1.165, 1.54) is 11.3 Å². The third-order valence-corrected chi connectivity index (χ3v) is 2.43. The highest BCUT2D eigenvalue weighted by Crippen LogP contribution is 2.16. The van der Waals surface area contributed by atoms with Crippen molar-refractivity contribution in [3.8, 4) is 0 Å². The number of thiazole rings is 1. The SMILES string of the molecule is OC(Cc1cscn1)c1cn[nH]c1. The molecule has 0 bridgehead atoms. The minimum atomic E-state index is -0.513. The van der Waals surface area contributed by atoms with E-state index in [1.54, 1.807) is 17.9 Å².